The van der Waals surface area contributed by atoms with E-state index in [1.165, 1.54) is 11.3 Å². The molecule has 5 heteroatoms. The average Bonchev–Trinajstić information content (AvgIpc) is 2.67. The minimum absolute atomic E-state index is 0.202. The summed E-state index contributed by atoms with van der Waals surface area (Å²) >= 11 is 5.98. The number of anilines is 3. The molecule has 2 heterocycles. The number of pyridine rings is 1. The van der Waals surface area contributed by atoms with Crippen molar-refractivity contribution in [3.8, 4) is 0 Å². The van der Waals surface area contributed by atoms with Crippen LogP contribution in [0.5, 0.6) is 0 Å². The zero-order valence-electron chi connectivity index (χ0n) is 14.2. The molecule has 3 aromatic rings. The molecule has 26 heavy (non-hydrogen) atoms. The Balaban J connectivity index is 1.60. The van der Waals surface area contributed by atoms with Gasteiger partial charge in [0.15, 0.2) is 0 Å². The zero-order valence-corrected chi connectivity index (χ0v) is 14.9. The van der Waals surface area contributed by atoms with Crippen LogP contribution in [0.15, 0.2) is 67.0 Å². The molecule has 0 spiro atoms. The molecule has 0 aliphatic carbocycles. The summed E-state index contributed by atoms with van der Waals surface area (Å²) in [5.41, 5.74) is 4.62. The van der Waals surface area contributed by atoms with E-state index in [0.717, 1.165) is 25.1 Å². The number of nitrogens with one attached hydrogen (secondary N) is 1. The highest BCUT2D eigenvalue weighted by Gasteiger charge is 2.19. The van der Waals surface area contributed by atoms with Gasteiger partial charge in [0.25, 0.3) is 5.91 Å². The fourth-order valence-corrected chi connectivity index (χ4v) is 3.46. The van der Waals surface area contributed by atoms with Gasteiger partial charge in [-0.1, -0.05) is 35.9 Å². The van der Waals surface area contributed by atoms with Gasteiger partial charge in [-0.15, -0.1) is 0 Å². The molecule has 4 rings (SSSR count). The second kappa shape index (κ2) is 7.18. The minimum atomic E-state index is -0.202. The third-order valence-electron chi connectivity index (χ3n) is 4.49. The van der Waals surface area contributed by atoms with E-state index in [-0.39, 0.29) is 5.91 Å². The normalized spacial score (nSPS) is 13.2. The van der Waals surface area contributed by atoms with Crippen LogP contribution in [-0.2, 0) is 6.42 Å². The summed E-state index contributed by atoms with van der Waals surface area (Å²) in [5.74, 6) is -0.202. The van der Waals surface area contributed by atoms with Crippen molar-refractivity contribution >= 4 is 34.6 Å². The van der Waals surface area contributed by atoms with Gasteiger partial charge in [0.05, 0.1) is 17.4 Å². The van der Waals surface area contributed by atoms with E-state index in [1.807, 2.05) is 18.2 Å². The smallest absolute Gasteiger partial charge is 0.257 e. The third-order valence-corrected chi connectivity index (χ3v) is 4.73. The number of amides is 1. The molecule has 1 aromatic heterocycles. The number of carbonyl (C=O) groups is 1. The Morgan fingerprint density at radius 3 is 2.85 bits per heavy atom. The molecule has 0 saturated carbocycles. The summed E-state index contributed by atoms with van der Waals surface area (Å²) in [6, 6.07) is 17.4. The number of para-hydroxylation sites is 1. The number of hydrogen-bond donors (Lipinski definition) is 1. The highest BCUT2D eigenvalue weighted by atomic mass is 35.5. The molecular formula is C21H18ClN3O. The van der Waals surface area contributed by atoms with E-state index in [9.17, 15) is 4.79 Å². The lowest BCUT2D eigenvalue weighted by Crippen LogP contribution is -2.25. The number of aromatic nitrogens is 1. The lowest BCUT2D eigenvalue weighted by atomic mass is 10.0. The maximum Gasteiger partial charge on any atom is 0.257 e. The van der Waals surface area contributed by atoms with Crippen LogP contribution in [0.25, 0.3) is 0 Å². The molecule has 2 aromatic carbocycles. The van der Waals surface area contributed by atoms with Crippen LogP contribution >= 0.6 is 11.6 Å². The molecule has 0 saturated heterocycles. The van der Waals surface area contributed by atoms with Crippen molar-refractivity contribution < 1.29 is 4.79 Å². The number of halogens is 1. The summed E-state index contributed by atoms with van der Waals surface area (Å²) in [5, 5.41) is 3.45. The standard InChI is InChI=1S/C21H18ClN3O/c22-17-7-3-8-18(12-17)24-21(26)16-11-19(14-23-13-16)25-10-4-6-15-5-1-2-9-20(15)25/h1-3,5,7-9,11-14H,4,6,10H2,(H,24,26). The van der Waals surface area contributed by atoms with Gasteiger partial charge >= 0.3 is 0 Å². The highest BCUT2D eigenvalue weighted by Crippen LogP contribution is 2.33. The van der Waals surface area contributed by atoms with Crippen molar-refractivity contribution in [2.24, 2.45) is 0 Å². The second-order valence-electron chi connectivity index (χ2n) is 6.28. The summed E-state index contributed by atoms with van der Waals surface area (Å²) in [6.07, 6.45) is 5.54. The number of aryl methyl sites for hydroxylation is 1. The molecule has 0 atom stereocenters. The number of benzene rings is 2. The Morgan fingerprint density at radius 1 is 1.08 bits per heavy atom. The largest absolute Gasteiger partial charge is 0.340 e. The van der Waals surface area contributed by atoms with Crippen LogP contribution < -0.4 is 10.2 Å². The van der Waals surface area contributed by atoms with Crippen LogP contribution in [0.2, 0.25) is 5.02 Å². The van der Waals surface area contributed by atoms with Gasteiger partial charge in [-0.2, -0.15) is 0 Å². The van der Waals surface area contributed by atoms with Gasteiger partial charge < -0.3 is 10.2 Å². The first-order valence-electron chi connectivity index (χ1n) is 8.58. The maximum absolute atomic E-state index is 12.6. The summed E-state index contributed by atoms with van der Waals surface area (Å²) < 4.78 is 0. The molecule has 0 unspecified atom stereocenters. The second-order valence-corrected chi connectivity index (χ2v) is 6.72. The number of hydrogen-bond acceptors (Lipinski definition) is 3. The maximum atomic E-state index is 12.6. The molecule has 1 aliphatic rings. The van der Waals surface area contributed by atoms with E-state index in [0.29, 0.717) is 16.3 Å². The van der Waals surface area contributed by atoms with Gasteiger partial charge in [0.1, 0.15) is 0 Å². The van der Waals surface area contributed by atoms with E-state index < -0.39 is 0 Å². The summed E-state index contributed by atoms with van der Waals surface area (Å²) in [4.78, 5) is 19.1. The van der Waals surface area contributed by atoms with Crippen LogP contribution in [0.1, 0.15) is 22.3 Å². The van der Waals surface area contributed by atoms with Crippen LogP contribution in [0.4, 0.5) is 17.1 Å². The van der Waals surface area contributed by atoms with Gasteiger partial charge in [0, 0.05) is 29.1 Å². The van der Waals surface area contributed by atoms with Gasteiger partial charge in [0.2, 0.25) is 0 Å². The molecule has 1 N–H and O–H groups in total. The van der Waals surface area contributed by atoms with Crippen molar-refractivity contribution in [2.45, 2.75) is 12.8 Å². The van der Waals surface area contributed by atoms with Gasteiger partial charge in [-0.3, -0.25) is 9.78 Å². The van der Waals surface area contributed by atoms with E-state index in [2.05, 4.69) is 33.4 Å². The van der Waals surface area contributed by atoms with Crippen molar-refractivity contribution in [3.05, 3.63) is 83.1 Å². The average molecular weight is 364 g/mol. The van der Waals surface area contributed by atoms with Crippen LogP contribution in [0.3, 0.4) is 0 Å². The van der Waals surface area contributed by atoms with Crippen molar-refractivity contribution in [1.29, 1.82) is 0 Å². The highest BCUT2D eigenvalue weighted by molar-refractivity contribution is 6.31. The molecule has 0 radical (unpaired) electrons. The predicted octanol–water partition coefficient (Wildman–Crippen LogP) is 5.07. The Morgan fingerprint density at radius 2 is 1.96 bits per heavy atom. The van der Waals surface area contributed by atoms with Crippen molar-refractivity contribution in [2.75, 3.05) is 16.8 Å². The SMILES string of the molecule is O=C(Nc1cccc(Cl)c1)c1cncc(N2CCCc3ccccc32)c1. The van der Waals surface area contributed by atoms with Crippen molar-refractivity contribution in [1.82, 2.24) is 4.98 Å². The molecule has 1 amide bonds. The monoisotopic (exact) mass is 363 g/mol. The first-order chi connectivity index (χ1) is 12.7. The minimum Gasteiger partial charge on any atom is -0.340 e. The van der Waals surface area contributed by atoms with Gasteiger partial charge in [-0.05, 0) is 48.7 Å². The Kier molecular flexibility index (Phi) is 4.59. The molecule has 1 aliphatic heterocycles. The summed E-state index contributed by atoms with van der Waals surface area (Å²) in [6.45, 7) is 0.915. The van der Waals surface area contributed by atoms with Crippen molar-refractivity contribution in [3.63, 3.8) is 0 Å². The van der Waals surface area contributed by atoms with E-state index in [4.69, 9.17) is 11.6 Å². The molecule has 130 valence electrons. The first kappa shape index (κ1) is 16.6. The molecule has 0 fully saturated rings. The van der Waals surface area contributed by atoms with Crippen LogP contribution in [-0.4, -0.2) is 17.4 Å². The Bertz CT molecular complexity index is 957. The predicted molar refractivity (Wildman–Crippen MR) is 105 cm³/mol. The zero-order chi connectivity index (χ0) is 17.9. The molecular weight excluding hydrogens is 346 g/mol. The molecule has 4 nitrogen and oxygen atoms in total. The topological polar surface area (TPSA) is 45.2 Å². The van der Waals surface area contributed by atoms with E-state index in [1.54, 1.807) is 30.6 Å². The lowest BCUT2D eigenvalue weighted by Gasteiger charge is -2.31. The fourth-order valence-electron chi connectivity index (χ4n) is 3.27. The Labute approximate surface area is 157 Å². The lowest BCUT2D eigenvalue weighted by molar-refractivity contribution is 0.102. The van der Waals surface area contributed by atoms with Gasteiger partial charge in [-0.25, -0.2) is 0 Å². The Hall–Kier alpha value is -2.85. The number of rotatable bonds is 3. The number of carbonyl (C=O) groups excluding carboxylic acids is 1. The quantitative estimate of drug-likeness (QED) is 0.706. The fraction of sp³-hybridized carbons (Fsp3) is 0.143. The van der Waals surface area contributed by atoms with Crippen LogP contribution in [0, 0.1) is 0 Å². The van der Waals surface area contributed by atoms with E-state index >= 15 is 0 Å². The number of nitrogens with zero attached hydrogens (tertiary/aromatic N) is 2. The molecule has 0 bridgehead atoms. The third kappa shape index (κ3) is 3.41. The number of fused-ring (bicyclic) bond motifs is 1. The summed E-state index contributed by atoms with van der Waals surface area (Å²) in [7, 11) is 0. The first-order valence-corrected chi connectivity index (χ1v) is 8.96.